The van der Waals surface area contributed by atoms with E-state index in [1.807, 2.05) is 0 Å². The van der Waals surface area contributed by atoms with Crippen molar-refractivity contribution in [2.24, 2.45) is 0 Å². The molecule has 0 heterocycles. The maximum Gasteiger partial charge on any atom is 0.346 e. The van der Waals surface area contributed by atoms with Gasteiger partial charge in [0, 0.05) is 0 Å². The van der Waals surface area contributed by atoms with Crippen molar-refractivity contribution in [3.63, 3.8) is 0 Å². The van der Waals surface area contributed by atoms with E-state index in [4.69, 9.17) is 4.74 Å². The smallest absolute Gasteiger partial charge is 0.346 e. The lowest BCUT2D eigenvalue weighted by Gasteiger charge is -2.11. The fourth-order valence-corrected chi connectivity index (χ4v) is 0.936. The molecule has 0 spiro atoms. The Balaban J connectivity index is 2.60. The number of hydrogen-bond acceptors (Lipinski definition) is 3. The minimum absolute atomic E-state index is 0.0944. The van der Waals surface area contributed by atoms with E-state index in [1.165, 1.54) is 31.4 Å². The lowest BCUT2D eigenvalue weighted by molar-refractivity contribution is -0.147. The topological polar surface area (TPSA) is 55.4 Å². The Bertz CT molecular complexity index is 304. The fraction of sp³-hybridized carbons (Fsp3) is 0.300. The van der Waals surface area contributed by atoms with Gasteiger partial charge in [-0.25, -0.2) is 4.79 Å². The third kappa shape index (κ3) is 2.65. The quantitative estimate of drug-likeness (QED) is 0.690. The van der Waals surface area contributed by atoms with Crippen LogP contribution in [0, 0.1) is 0 Å². The number of carbonyl (C=O) groups excluding carboxylic acids is 1. The second-order valence-corrected chi connectivity index (χ2v) is 2.75. The molecular formula is C10H11O4. The Hall–Kier alpha value is -1.71. The van der Waals surface area contributed by atoms with Gasteiger partial charge in [-0.05, 0) is 31.2 Å². The summed E-state index contributed by atoms with van der Waals surface area (Å²) in [4.78, 5) is 11.0. The first kappa shape index (κ1) is 10.4. The van der Waals surface area contributed by atoms with Crippen LogP contribution in [0.3, 0.4) is 0 Å². The van der Waals surface area contributed by atoms with E-state index in [0.29, 0.717) is 5.75 Å². The molecule has 14 heavy (non-hydrogen) atoms. The van der Waals surface area contributed by atoms with E-state index >= 15 is 0 Å². The summed E-state index contributed by atoms with van der Waals surface area (Å²) in [5, 5.41) is 10.8. The van der Waals surface area contributed by atoms with Crippen LogP contribution in [0.2, 0.25) is 0 Å². The first-order valence-electron chi connectivity index (χ1n) is 4.15. The average Bonchev–Trinajstić information content (AvgIpc) is 2.20. The zero-order valence-corrected chi connectivity index (χ0v) is 8.02. The van der Waals surface area contributed by atoms with Crippen LogP contribution in [-0.4, -0.2) is 19.2 Å². The van der Waals surface area contributed by atoms with Crippen molar-refractivity contribution in [2.75, 3.05) is 7.11 Å². The first-order valence-corrected chi connectivity index (χ1v) is 4.15. The minimum Gasteiger partial charge on any atom is -0.479 e. The van der Waals surface area contributed by atoms with Crippen molar-refractivity contribution in [2.45, 2.75) is 13.0 Å². The van der Waals surface area contributed by atoms with E-state index < -0.39 is 12.1 Å². The second kappa shape index (κ2) is 4.50. The summed E-state index contributed by atoms with van der Waals surface area (Å²) in [5.74, 6) is -0.0678. The molecule has 1 aromatic carbocycles. The Morgan fingerprint density at radius 3 is 2.36 bits per heavy atom. The largest absolute Gasteiger partial charge is 0.479 e. The molecule has 1 unspecified atom stereocenters. The van der Waals surface area contributed by atoms with Crippen molar-refractivity contribution in [3.8, 4) is 11.5 Å². The van der Waals surface area contributed by atoms with Crippen LogP contribution in [0.25, 0.3) is 0 Å². The SMILES string of the molecule is COC(=O)C(C)Oc1ccc([O])cc1. The number of rotatable bonds is 3. The molecule has 0 saturated heterocycles. The summed E-state index contributed by atoms with van der Waals surface area (Å²) >= 11 is 0. The summed E-state index contributed by atoms with van der Waals surface area (Å²) in [7, 11) is 1.29. The van der Waals surface area contributed by atoms with Crippen LogP contribution in [0.1, 0.15) is 6.92 Å². The van der Waals surface area contributed by atoms with Crippen LogP contribution < -0.4 is 4.74 Å². The zero-order chi connectivity index (χ0) is 10.6. The second-order valence-electron chi connectivity index (χ2n) is 2.75. The lowest BCUT2D eigenvalue weighted by atomic mass is 10.3. The molecule has 0 fully saturated rings. The van der Waals surface area contributed by atoms with Gasteiger partial charge in [0.15, 0.2) is 11.9 Å². The van der Waals surface area contributed by atoms with Crippen LogP contribution >= 0.6 is 0 Å². The molecule has 1 radical (unpaired) electrons. The summed E-state index contributed by atoms with van der Waals surface area (Å²) in [6.07, 6.45) is -0.669. The molecule has 0 amide bonds. The van der Waals surface area contributed by atoms with Crippen LogP contribution in [0.5, 0.6) is 11.5 Å². The van der Waals surface area contributed by atoms with Crippen LogP contribution in [-0.2, 0) is 14.6 Å². The van der Waals surface area contributed by atoms with Crippen molar-refractivity contribution >= 4 is 5.97 Å². The van der Waals surface area contributed by atoms with Gasteiger partial charge in [-0.15, -0.1) is 0 Å². The normalized spacial score (nSPS) is 11.9. The summed E-state index contributed by atoms with van der Waals surface area (Å²) in [6, 6.07) is 5.78. The van der Waals surface area contributed by atoms with Crippen molar-refractivity contribution in [3.05, 3.63) is 24.3 Å². The lowest BCUT2D eigenvalue weighted by Crippen LogP contribution is -2.24. The average molecular weight is 195 g/mol. The Labute approximate surface area is 82.1 Å². The zero-order valence-electron chi connectivity index (χ0n) is 8.02. The Kier molecular flexibility index (Phi) is 3.34. The molecule has 0 aliphatic heterocycles. The predicted molar refractivity (Wildman–Crippen MR) is 48.7 cm³/mol. The summed E-state index contributed by atoms with van der Waals surface area (Å²) < 4.78 is 9.69. The van der Waals surface area contributed by atoms with Gasteiger partial charge < -0.3 is 9.47 Å². The molecule has 75 valence electrons. The van der Waals surface area contributed by atoms with Gasteiger partial charge in [0.05, 0.1) is 7.11 Å². The number of methoxy groups -OCH3 is 1. The molecule has 0 bridgehead atoms. The van der Waals surface area contributed by atoms with Gasteiger partial charge >= 0.3 is 5.97 Å². The van der Waals surface area contributed by atoms with Crippen molar-refractivity contribution in [1.82, 2.24) is 0 Å². The molecular weight excluding hydrogens is 184 g/mol. The molecule has 1 atom stereocenters. The fourth-order valence-electron chi connectivity index (χ4n) is 0.936. The molecule has 1 aromatic rings. The number of benzene rings is 1. The van der Waals surface area contributed by atoms with Gasteiger partial charge in [-0.1, -0.05) is 0 Å². The Morgan fingerprint density at radius 1 is 1.29 bits per heavy atom. The molecule has 4 nitrogen and oxygen atoms in total. The third-order valence-electron chi connectivity index (χ3n) is 1.67. The predicted octanol–water partition coefficient (Wildman–Crippen LogP) is 1.77. The highest BCUT2D eigenvalue weighted by atomic mass is 16.6. The molecule has 0 aliphatic carbocycles. The molecule has 0 saturated carbocycles. The minimum atomic E-state index is -0.669. The molecule has 4 heteroatoms. The van der Waals surface area contributed by atoms with E-state index in [-0.39, 0.29) is 5.75 Å². The van der Waals surface area contributed by atoms with Gasteiger partial charge in [0.2, 0.25) is 0 Å². The molecule has 0 aromatic heterocycles. The maximum atomic E-state index is 11.0. The van der Waals surface area contributed by atoms with E-state index in [0.717, 1.165) is 0 Å². The van der Waals surface area contributed by atoms with Crippen molar-refractivity contribution in [1.29, 1.82) is 0 Å². The van der Waals surface area contributed by atoms with E-state index in [2.05, 4.69) is 4.74 Å². The van der Waals surface area contributed by atoms with Gasteiger partial charge in [-0.2, -0.15) is 0 Å². The van der Waals surface area contributed by atoms with Crippen LogP contribution in [0.4, 0.5) is 0 Å². The first-order chi connectivity index (χ1) is 6.63. The van der Waals surface area contributed by atoms with Gasteiger partial charge in [-0.3, -0.25) is 5.11 Å². The standard InChI is InChI=1S/C10H11O4/c1-7(10(12)13-2)14-9-5-3-8(11)4-6-9/h3-7H,1-2H3. The highest BCUT2D eigenvalue weighted by Gasteiger charge is 2.14. The number of ether oxygens (including phenoxy) is 2. The number of hydrogen-bond donors (Lipinski definition) is 0. The third-order valence-corrected chi connectivity index (χ3v) is 1.67. The molecule has 0 N–H and O–H groups in total. The van der Waals surface area contributed by atoms with Gasteiger partial charge in [0.25, 0.3) is 0 Å². The van der Waals surface area contributed by atoms with E-state index in [9.17, 15) is 9.90 Å². The van der Waals surface area contributed by atoms with Crippen LogP contribution in [0.15, 0.2) is 24.3 Å². The van der Waals surface area contributed by atoms with E-state index in [1.54, 1.807) is 6.92 Å². The van der Waals surface area contributed by atoms with Crippen molar-refractivity contribution < 1.29 is 19.4 Å². The number of carbonyl (C=O) groups is 1. The summed E-state index contributed by atoms with van der Waals surface area (Å²) in [6.45, 7) is 1.58. The highest BCUT2D eigenvalue weighted by molar-refractivity contribution is 5.74. The number of esters is 1. The summed E-state index contributed by atoms with van der Waals surface area (Å²) in [5.41, 5.74) is 0. The van der Waals surface area contributed by atoms with Gasteiger partial charge in [0.1, 0.15) is 5.75 Å². The molecule has 0 aliphatic rings. The monoisotopic (exact) mass is 195 g/mol. The highest BCUT2D eigenvalue weighted by Crippen LogP contribution is 2.17. The molecule has 1 rings (SSSR count). The Morgan fingerprint density at radius 2 is 1.86 bits per heavy atom. The maximum absolute atomic E-state index is 11.0.